The van der Waals surface area contributed by atoms with Crippen molar-refractivity contribution in [2.45, 2.75) is 57.6 Å². The fraction of sp³-hybridized carbons (Fsp3) is 0.310. The first kappa shape index (κ1) is 30.5. The van der Waals surface area contributed by atoms with Gasteiger partial charge in [0.15, 0.2) is 0 Å². The maximum atomic E-state index is 13.9. The van der Waals surface area contributed by atoms with Gasteiger partial charge in [0.2, 0.25) is 11.8 Å². The smallest absolute Gasteiger partial charge is 0.264 e. The lowest BCUT2D eigenvalue weighted by Crippen LogP contribution is -2.54. The highest BCUT2D eigenvalue weighted by Gasteiger charge is 2.33. The van der Waals surface area contributed by atoms with Crippen molar-refractivity contribution in [1.29, 1.82) is 0 Å². The maximum absolute atomic E-state index is 13.9. The summed E-state index contributed by atoms with van der Waals surface area (Å²) >= 11 is 12.5. The van der Waals surface area contributed by atoms with Gasteiger partial charge < -0.3 is 10.2 Å². The first-order chi connectivity index (χ1) is 18.2. The van der Waals surface area contributed by atoms with Crippen LogP contribution in [0.15, 0.2) is 77.7 Å². The molecule has 0 heterocycles. The van der Waals surface area contributed by atoms with Gasteiger partial charge in [0.25, 0.3) is 10.0 Å². The highest BCUT2D eigenvalue weighted by Crippen LogP contribution is 2.28. The molecule has 1 atom stereocenters. The van der Waals surface area contributed by atoms with Crippen LogP contribution in [0.25, 0.3) is 0 Å². The topological polar surface area (TPSA) is 86.8 Å². The van der Waals surface area contributed by atoms with E-state index < -0.39 is 34.1 Å². The van der Waals surface area contributed by atoms with Crippen LogP contribution in [0, 0.1) is 6.92 Å². The van der Waals surface area contributed by atoms with E-state index in [-0.39, 0.29) is 23.0 Å². The molecule has 0 aliphatic heterocycles. The average Bonchev–Trinajstić information content (AvgIpc) is 2.86. The number of amides is 2. The minimum atomic E-state index is -4.16. The van der Waals surface area contributed by atoms with Gasteiger partial charge in [-0.15, -0.1) is 0 Å². The highest BCUT2D eigenvalue weighted by atomic mass is 35.5. The Kier molecular flexibility index (Phi) is 9.69. The minimum Gasteiger partial charge on any atom is -0.350 e. The van der Waals surface area contributed by atoms with Gasteiger partial charge >= 0.3 is 0 Å². The molecular weight excluding hydrogens is 557 g/mol. The monoisotopic (exact) mass is 589 g/mol. The van der Waals surface area contributed by atoms with E-state index in [0.29, 0.717) is 15.6 Å². The Labute approximate surface area is 240 Å². The maximum Gasteiger partial charge on any atom is 0.264 e. The quantitative estimate of drug-likeness (QED) is 0.340. The van der Waals surface area contributed by atoms with Crippen LogP contribution in [-0.4, -0.2) is 43.3 Å². The summed E-state index contributed by atoms with van der Waals surface area (Å²) < 4.78 is 28.6. The van der Waals surface area contributed by atoms with Crippen molar-refractivity contribution in [2.24, 2.45) is 0 Å². The number of sulfonamides is 1. The summed E-state index contributed by atoms with van der Waals surface area (Å²) in [5.74, 6) is -0.934. The fourth-order valence-corrected chi connectivity index (χ4v) is 5.69. The Hall–Kier alpha value is -3.07. The van der Waals surface area contributed by atoms with Crippen molar-refractivity contribution in [3.63, 3.8) is 0 Å². The van der Waals surface area contributed by atoms with E-state index in [1.165, 1.54) is 23.1 Å². The number of aryl methyl sites for hydroxylation is 1. The second-order valence-corrected chi connectivity index (χ2v) is 13.0. The molecule has 0 spiro atoms. The minimum absolute atomic E-state index is 0.0226. The van der Waals surface area contributed by atoms with Gasteiger partial charge in [0, 0.05) is 22.1 Å². The molecule has 208 valence electrons. The molecule has 0 aliphatic rings. The van der Waals surface area contributed by atoms with Gasteiger partial charge in [-0.05, 0) is 82.1 Å². The van der Waals surface area contributed by atoms with E-state index in [0.717, 1.165) is 9.87 Å². The van der Waals surface area contributed by atoms with E-state index >= 15 is 0 Å². The van der Waals surface area contributed by atoms with Gasteiger partial charge in [0.05, 0.1) is 10.6 Å². The lowest BCUT2D eigenvalue weighted by atomic mass is 10.1. The van der Waals surface area contributed by atoms with Crippen LogP contribution in [0.5, 0.6) is 0 Å². The van der Waals surface area contributed by atoms with E-state index in [4.69, 9.17) is 23.2 Å². The van der Waals surface area contributed by atoms with Crippen molar-refractivity contribution < 1.29 is 18.0 Å². The molecule has 0 aliphatic carbocycles. The van der Waals surface area contributed by atoms with Crippen LogP contribution in [0.2, 0.25) is 10.0 Å². The van der Waals surface area contributed by atoms with Crippen LogP contribution >= 0.6 is 23.2 Å². The second-order valence-electron chi connectivity index (χ2n) is 10.3. The van der Waals surface area contributed by atoms with Gasteiger partial charge in [-0.1, -0.05) is 59.6 Å². The molecule has 1 N–H and O–H groups in total. The van der Waals surface area contributed by atoms with E-state index in [1.807, 2.05) is 20.8 Å². The molecule has 0 aromatic heterocycles. The van der Waals surface area contributed by atoms with Crippen LogP contribution < -0.4 is 9.62 Å². The molecule has 3 aromatic rings. The van der Waals surface area contributed by atoms with Crippen molar-refractivity contribution in [2.75, 3.05) is 10.8 Å². The molecule has 3 aromatic carbocycles. The summed E-state index contributed by atoms with van der Waals surface area (Å²) in [7, 11) is -4.16. The molecule has 39 heavy (non-hydrogen) atoms. The molecule has 0 radical (unpaired) electrons. The Balaban J connectivity index is 2.05. The molecule has 10 heteroatoms. The van der Waals surface area contributed by atoms with Crippen LogP contribution in [0.1, 0.15) is 38.8 Å². The Bertz CT molecular complexity index is 1440. The number of nitrogens with zero attached hydrogens (tertiary/aromatic N) is 2. The third-order valence-corrected chi connectivity index (χ3v) is 8.39. The Morgan fingerprint density at radius 3 is 2.21 bits per heavy atom. The number of carbonyl (C=O) groups is 2. The van der Waals surface area contributed by atoms with Gasteiger partial charge in [-0.25, -0.2) is 8.42 Å². The SMILES string of the molecule is Cc1ccc(N(CC(=O)N(Cc2cccc(Cl)c2)[C@H](C)C(=O)NC(C)(C)C)S(=O)(=O)c2ccccc2)cc1Cl. The predicted octanol–water partition coefficient (Wildman–Crippen LogP) is 5.83. The van der Waals surface area contributed by atoms with E-state index in [9.17, 15) is 18.0 Å². The lowest BCUT2D eigenvalue weighted by Gasteiger charge is -2.33. The van der Waals surface area contributed by atoms with Gasteiger partial charge in [-0.2, -0.15) is 0 Å². The standard InChI is InChI=1S/C29H33Cl2N3O4S/c1-20-14-15-24(17-26(20)31)34(39(37,38)25-12-7-6-8-13-25)19-27(35)33(18-22-10-9-11-23(30)16-22)21(2)28(36)32-29(3,4)5/h6-17,21H,18-19H2,1-5H3,(H,32,36)/t21-/m1/s1. The third-order valence-electron chi connectivity index (χ3n) is 5.96. The molecule has 3 rings (SSSR count). The number of hydrogen-bond donors (Lipinski definition) is 1. The zero-order valence-electron chi connectivity index (χ0n) is 22.6. The first-order valence-electron chi connectivity index (χ1n) is 12.4. The fourth-order valence-electron chi connectivity index (χ4n) is 3.87. The highest BCUT2D eigenvalue weighted by molar-refractivity contribution is 7.92. The number of nitrogens with one attached hydrogen (secondary N) is 1. The Morgan fingerprint density at radius 2 is 1.62 bits per heavy atom. The normalized spacial score (nSPS) is 12.5. The first-order valence-corrected chi connectivity index (χ1v) is 14.6. The zero-order valence-corrected chi connectivity index (χ0v) is 24.9. The molecular formula is C29H33Cl2N3O4S. The zero-order chi connectivity index (χ0) is 29.0. The van der Waals surface area contributed by atoms with Gasteiger partial charge in [0.1, 0.15) is 12.6 Å². The molecule has 0 fully saturated rings. The van der Waals surface area contributed by atoms with Gasteiger partial charge in [-0.3, -0.25) is 13.9 Å². The number of carbonyl (C=O) groups excluding carboxylic acids is 2. The molecule has 7 nitrogen and oxygen atoms in total. The summed E-state index contributed by atoms with van der Waals surface area (Å²) in [6.45, 7) is 8.44. The Morgan fingerprint density at radius 1 is 0.949 bits per heavy atom. The van der Waals surface area contributed by atoms with E-state index in [1.54, 1.807) is 68.4 Å². The van der Waals surface area contributed by atoms with Crippen LogP contribution in [-0.2, 0) is 26.2 Å². The molecule has 2 amide bonds. The summed E-state index contributed by atoms with van der Waals surface area (Å²) in [6, 6.07) is 18.7. The number of rotatable bonds is 9. The summed E-state index contributed by atoms with van der Waals surface area (Å²) in [5.41, 5.74) is 1.16. The van der Waals surface area contributed by atoms with Crippen LogP contribution in [0.3, 0.4) is 0 Å². The second kappa shape index (κ2) is 12.4. The molecule has 0 saturated carbocycles. The third kappa shape index (κ3) is 7.97. The molecule has 0 saturated heterocycles. The predicted molar refractivity (Wildman–Crippen MR) is 157 cm³/mol. The van der Waals surface area contributed by atoms with Crippen molar-refractivity contribution in [1.82, 2.24) is 10.2 Å². The van der Waals surface area contributed by atoms with Crippen molar-refractivity contribution in [3.05, 3.63) is 94.0 Å². The van der Waals surface area contributed by atoms with Crippen molar-refractivity contribution in [3.8, 4) is 0 Å². The van der Waals surface area contributed by atoms with Crippen molar-refractivity contribution >= 4 is 50.7 Å². The average molecular weight is 591 g/mol. The lowest BCUT2D eigenvalue weighted by molar-refractivity contribution is -0.140. The van der Waals surface area contributed by atoms with Crippen LogP contribution in [0.4, 0.5) is 5.69 Å². The summed E-state index contributed by atoms with van der Waals surface area (Å²) in [5, 5.41) is 3.74. The number of hydrogen-bond acceptors (Lipinski definition) is 4. The number of halogens is 2. The molecule has 0 bridgehead atoms. The number of anilines is 1. The largest absolute Gasteiger partial charge is 0.350 e. The number of benzene rings is 3. The summed E-state index contributed by atoms with van der Waals surface area (Å²) in [6.07, 6.45) is 0. The van der Waals surface area contributed by atoms with E-state index in [2.05, 4.69) is 5.32 Å². The summed E-state index contributed by atoms with van der Waals surface area (Å²) in [4.78, 5) is 28.4. The molecule has 0 unspecified atom stereocenters.